The minimum atomic E-state index is -0.633. The summed E-state index contributed by atoms with van der Waals surface area (Å²) in [5.74, 6) is -0.926. The Morgan fingerprint density at radius 2 is 1.30 bits per heavy atom. The number of carbonyl (C=O) groups is 2. The number of aliphatic imine (C=N–C) groups is 1. The molecule has 5 nitrogen and oxygen atoms in total. The summed E-state index contributed by atoms with van der Waals surface area (Å²) in [5.41, 5.74) is 2.50. The Morgan fingerprint density at radius 3 is 1.80 bits per heavy atom. The van der Waals surface area contributed by atoms with E-state index in [0.717, 1.165) is 17.5 Å². The first kappa shape index (κ1) is 23.3. The molecule has 0 bridgehead atoms. The molecule has 2 rings (SSSR count). The molecule has 0 N–H and O–H groups in total. The maximum Gasteiger partial charge on any atom is 0.433 e. The first-order chi connectivity index (χ1) is 14.4. The van der Waals surface area contributed by atoms with Gasteiger partial charge in [-0.15, -0.1) is 0 Å². The van der Waals surface area contributed by atoms with Crippen LogP contribution in [-0.2, 0) is 27.5 Å². The van der Waals surface area contributed by atoms with Crippen molar-refractivity contribution in [3.8, 4) is 0 Å². The SMILES string of the molecule is CCC(C)/C(=N/C(=O)OCc1ccccc1)C(C)C(C)C(=O)OCc1ccccc1. The Bertz CT molecular complexity index is 833. The zero-order valence-corrected chi connectivity index (χ0v) is 18.2. The number of benzene rings is 2. The van der Waals surface area contributed by atoms with Gasteiger partial charge in [-0.25, -0.2) is 4.79 Å². The van der Waals surface area contributed by atoms with E-state index in [0.29, 0.717) is 5.71 Å². The predicted octanol–water partition coefficient (Wildman–Crippen LogP) is 5.83. The van der Waals surface area contributed by atoms with E-state index in [1.54, 1.807) is 0 Å². The van der Waals surface area contributed by atoms with Crippen LogP contribution in [0.5, 0.6) is 0 Å². The quantitative estimate of drug-likeness (QED) is 0.386. The maximum atomic E-state index is 12.6. The number of esters is 1. The summed E-state index contributed by atoms with van der Waals surface area (Å²) in [6.45, 7) is 8.14. The molecule has 30 heavy (non-hydrogen) atoms. The first-order valence-corrected chi connectivity index (χ1v) is 10.4. The van der Waals surface area contributed by atoms with E-state index in [-0.39, 0.29) is 31.0 Å². The van der Waals surface area contributed by atoms with Gasteiger partial charge in [0.2, 0.25) is 0 Å². The third-order valence-electron chi connectivity index (χ3n) is 5.36. The fraction of sp³-hybridized carbons (Fsp3) is 0.400. The molecule has 5 heteroatoms. The minimum Gasteiger partial charge on any atom is -0.461 e. The summed E-state index contributed by atoms with van der Waals surface area (Å²) in [6, 6.07) is 19.0. The molecule has 160 valence electrons. The fourth-order valence-corrected chi connectivity index (χ4v) is 3.05. The van der Waals surface area contributed by atoms with Crippen LogP contribution >= 0.6 is 0 Å². The Balaban J connectivity index is 2.01. The van der Waals surface area contributed by atoms with Crippen molar-refractivity contribution < 1.29 is 19.1 Å². The van der Waals surface area contributed by atoms with Crippen molar-refractivity contribution in [2.45, 2.75) is 47.3 Å². The number of hydrogen-bond acceptors (Lipinski definition) is 4. The van der Waals surface area contributed by atoms with Gasteiger partial charge in [-0.2, -0.15) is 4.99 Å². The number of ether oxygens (including phenoxy) is 2. The summed E-state index contributed by atoms with van der Waals surface area (Å²) >= 11 is 0. The van der Waals surface area contributed by atoms with Crippen molar-refractivity contribution in [3.63, 3.8) is 0 Å². The van der Waals surface area contributed by atoms with Gasteiger partial charge in [-0.3, -0.25) is 4.79 Å². The molecule has 2 aromatic carbocycles. The zero-order valence-electron chi connectivity index (χ0n) is 18.2. The number of hydrogen-bond donors (Lipinski definition) is 0. The number of amides is 1. The highest BCUT2D eigenvalue weighted by atomic mass is 16.5. The van der Waals surface area contributed by atoms with Crippen molar-refractivity contribution in [1.82, 2.24) is 0 Å². The van der Waals surface area contributed by atoms with Crippen LogP contribution in [0.2, 0.25) is 0 Å². The van der Waals surface area contributed by atoms with Gasteiger partial charge in [-0.05, 0) is 23.5 Å². The lowest BCUT2D eigenvalue weighted by Crippen LogP contribution is -2.31. The van der Waals surface area contributed by atoms with E-state index in [1.807, 2.05) is 88.4 Å². The normalized spacial score (nSPS) is 14.5. The van der Waals surface area contributed by atoms with Crippen molar-refractivity contribution in [2.75, 3.05) is 0 Å². The lowest BCUT2D eigenvalue weighted by Gasteiger charge is -2.24. The van der Waals surface area contributed by atoms with Crippen molar-refractivity contribution in [2.24, 2.45) is 22.7 Å². The third-order valence-corrected chi connectivity index (χ3v) is 5.36. The van der Waals surface area contributed by atoms with E-state index in [4.69, 9.17) is 9.47 Å². The first-order valence-electron chi connectivity index (χ1n) is 10.4. The molecule has 3 unspecified atom stereocenters. The van der Waals surface area contributed by atoms with Gasteiger partial charge >= 0.3 is 12.1 Å². The number of rotatable bonds is 9. The number of carbonyl (C=O) groups excluding carboxylic acids is 2. The summed E-state index contributed by atoms with van der Waals surface area (Å²) < 4.78 is 10.8. The van der Waals surface area contributed by atoms with E-state index < -0.39 is 12.0 Å². The standard InChI is InChI=1S/C25H31NO4/c1-5-18(2)23(26-25(28)30-17-22-14-10-7-11-15-22)19(3)20(4)24(27)29-16-21-12-8-6-9-13-21/h6-15,18-20H,5,16-17H2,1-4H3/b26-23-. The second-order valence-corrected chi connectivity index (χ2v) is 7.56. The monoisotopic (exact) mass is 409 g/mol. The van der Waals surface area contributed by atoms with Crippen molar-refractivity contribution in [1.29, 1.82) is 0 Å². The van der Waals surface area contributed by atoms with Gasteiger partial charge in [0.05, 0.1) is 5.92 Å². The molecule has 0 aliphatic heterocycles. The van der Waals surface area contributed by atoms with Crippen molar-refractivity contribution in [3.05, 3.63) is 71.8 Å². The van der Waals surface area contributed by atoms with Gasteiger partial charge in [0, 0.05) is 11.6 Å². The third kappa shape index (κ3) is 7.14. The van der Waals surface area contributed by atoms with E-state index >= 15 is 0 Å². The zero-order chi connectivity index (χ0) is 21.9. The molecule has 0 saturated heterocycles. The fourth-order valence-electron chi connectivity index (χ4n) is 3.05. The lowest BCUT2D eigenvalue weighted by molar-refractivity contribution is -0.150. The van der Waals surface area contributed by atoms with E-state index in [9.17, 15) is 9.59 Å². The molecule has 0 radical (unpaired) electrons. The second-order valence-electron chi connectivity index (χ2n) is 7.56. The Hall–Kier alpha value is -2.95. The molecule has 0 aromatic heterocycles. The molecule has 0 heterocycles. The minimum absolute atomic E-state index is 0.0497. The highest BCUT2D eigenvalue weighted by molar-refractivity contribution is 5.98. The summed E-state index contributed by atoms with van der Waals surface area (Å²) in [4.78, 5) is 29.1. The molecule has 0 aliphatic carbocycles. The van der Waals surface area contributed by atoms with Crippen LogP contribution in [0.1, 0.15) is 45.2 Å². The molecular weight excluding hydrogens is 378 g/mol. The van der Waals surface area contributed by atoms with Crippen LogP contribution in [0.4, 0.5) is 4.79 Å². The summed E-state index contributed by atoms with van der Waals surface area (Å²) in [5, 5.41) is 0. The number of nitrogens with zero attached hydrogens (tertiary/aromatic N) is 1. The van der Waals surface area contributed by atoms with Crippen LogP contribution in [0, 0.1) is 17.8 Å². The Kier molecular flexibility index (Phi) is 9.26. The highest BCUT2D eigenvalue weighted by Gasteiger charge is 2.29. The molecule has 0 spiro atoms. The largest absolute Gasteiger partial charge is 0.461 e. The Morgan fingerprint density at radius 1 is 0.800 bits per heavy atom. The van der Waals surface area contributed by atoms with Crippen LogP contribution in [0.15, 0.2) is 65.7 Å². The smallest absolute Gasteiger partial charge is 0.433 e. The van der Waals surface area contributed by atoms with E-state index in [2.05, 4.69) is 4.99 Å². The predicted molar refractivity (Wildman–Crippen MR) is 118 cm³/mol. The topological polar surface area (TPSA) is 65.0 Å². The lowest BCUT2D eigenvalue weighted by atomic mass is 9.84. The highest BCUT2D eigenvalue weighted by Crippen LogP contribution is 2.22. The van der Waals surface area contributed by atoms with Crippen molar-refractivity contribution >= 4 is 17.8 Å². The Labute approximate surface area is 179 Å². The van der Waals surface area contributed by atoms with Crippen LogP contribution in [-0.4, -0.2) is 17.8 Å². The average molecular weight is 410 g/mol. The summed E-state index contributed by atoms with van der Waals surface area (Å²) in [7, 11) is 0. The van der Waals surface area contributed by atoms with Crippen LogP contribution < -0.4 is 0 Å². The molecule has 0 aliphatic rings. The average Bonchev–Trinajstić information content (AvgIpc) is 2.79. The van der Waals surface area contributed by atoms with Gasteiger partial charge < -0.3 is 9.47 Å². The molecular formula is C25H31NO4. The molecule has 2 aromatic rings. The summed E-state index contributed by atoms with van der Waals surface area (Å²) in [6.07, 6.45) is 0.173. The van der Waals surface area contributed by atoms with E-state index in [1.165, 1.54) is 0 Å². The van der Waals surface area contributed by atoms with Gasteiger partial charge in [0.25, 0.3) is 0 Å². The second kappa shape index (κ2) is 11.9. The maximum absolute atomic E-state index is 12.6. The van der Waals surface area contributed by atoms with Gasteiger partial charge in [0.1, 0.15) is 13.2 Å². The van der Waals surface area contributed by atoms with Crippen LogP contribution in [0.25, 0.3) is 0 Å². The molecule has 3 atom stereocenters. The molecule has 1 amide bonds. The van der Waals surface area contributed by atoms with Gasteiger partial charge in [-0.1, -0.05) is 88.4 Å². The van der Waals surface area contributed by atoms with Crippen LogP contribution in [0.3, 0.4) is 0 Å². The molecule has 0 fully saturated rings. The molecule has 0 saturated carbocycles. The van der Waals surface area contributed by atoms with Gasteiger partial charge in [0.15, 0.2) is 0 Å².